The minimum absolute atomic E-state index is 0.0819. The van der Waals surface area contributed by atoms with Crippen molar-refractivity contribution >= 4 is 5.91 Å². The first-order valence-electron chi connectivity index (χ1n) is 6.50. The lowest BCUT2D eigenvalue weighted by molar-refractivity contribution is -0.121. The molecule has 0 aromatic heterocycles. The Balaban J connectivity index is 2.76. The van der Waals surface area contributed by atoms with Crippen LogP contribution in [-0.2, 0) is 11.3 Å². The second kappa shape index (κ2) is 6.55. The van der Waals surface area contributed by atoms with Crippen LogP contribution in [0.1, 0.15) is 40.7 Å². The highest BCUT2D eigenvalue weighted by molar-refractivity contribution is 5.75. The predicted molar refractivity (Wildman–Crippen MR) is 75.5 cm³/mol. The summed E-state index contributed by atoms with van der Waals surface area (Å²) < 4.78 is 0. The van der Waals surface area contributed by atoms with E-state index in [2.05, 4.69) is 39.1 Å². The quantitative estimate of drug-likeness (QED) is 0.840. The number of hydrogen-bond donors (Lipinski definition) is 2. The molecule has 0 heterocycles. The van der Waals surface area contributed by atoms with Crippen molar-refractivity contribution in [3.8, 4) is 0 Å². The minimum Gasteiger partial charge on any atom is -0.352 e. The molecule has 0 bridgehead atoms. The summed E-state index contributed by atoms with van der Waals surface area (Å²) in [6.45, 7) is 9.63. The Bertz CT molecular complexity index is 412. The minimum atomic E-state index is 0.0819. The molecule has 3 N–H and O–H groups in total. The van der Waals surface area contributed by atoms with E-state index >= 15 is 0 Å². The molecule has 0 unspecified atom stereocenters. The molecule has 0 radical (unpaired) electrons. The Morgan fingerprint density at radius 1 is 1.17 bits per heavy atom. The van der Waals surface area contributed by atoms with E-state index in [9.17, 15) is 4.79 Å². The lowest BCUT2D eigenvalue weighted by Gasteiger charge is -2.16. The van der Waals surface area contributed by atoms with Crippen molar-refractivity contribution in [3.05, 3.63) is 33.9 Å². The number of carbonyl (C=O) groups excluding carboxylic acids is 1. The summed E-state index contributed by atoms with van der Waals surface area (Å²) in [6.07, 6.45) is 1.26. The maximum atomic E-state index is 11.6. The lowest BCUT2D eigenvalue weighted by atomic mass is 9.94. The first kappa shape index (κ1) is 14.7. The third kappa shape index (κ3) is 3.57. The molecule has 3 heteroatoms. The van der Waals surface area contributed by atoms with Crippen molar-refractivity contribution in [2.45, 2.75) is 47.1 Å². The van der Waals surface area contributed by atoms with Crippen LogP contribution in [0, 0.1) is 27.7 Å². The van der Waals surface area contributed by atoms with Gasteiger partial charge in [0.2, 0.25) is 5.91 Å². The Morgan fingerprint density at radius 3 is 2.22 bits per heavy atom. The van der Waals surface area contributed by atoms with E-state index in [0.717, 1.165) is 6.42 Å². The third-order valence-electron chi connectivity index (χ3n) is 3.59. The predicted octanol–water partition coefficient (Wildman–Crippen LogP) is 2.28. The molecule has 1 aromatic carbocycles. The Morgan fingerprint density at radius 2 is 1.72 bits per heavy atom. The van der Waals surface area contributed by atoms with Crippen molar-refractivity contribution in [1.29, 1.82) is 0 Å². The van der Waals surface area contributed by atoms with Crippen LogP contribution < -0.4 is 11.1 Å². The van der Waals surface area contributed by atoms with Crippen LogP contribution in [0.4, 0.5) is 0 Å². The molecular weight excluding hydrogens is 224 g/mol. The molecule has 3 nitrogen and oxygen atoms in total. The first-order valence-corrected chi connectivity index (χ1v) is 6.50. The molecule has 0 saturated heterocycles. The SMILES string of the molecule is Cc1cc(C)c(C)c(CNC(=O)CCCN)c1C. The number of rotatable bonds is 5. The molecule has 1 aromatic rings. The third-order valence-corrected chi connectivity index (χ3v) is 3.59. The fraction of sp³-hybridized carbons (Fsp3) is 0.533. The maximum Gasteiger partial charge on any atom is 0.220 e. The van der Waals surface area contributed by atoms with E-state index in [-0.39, 0.29) is 5.91 Å². The van der Waals surface area contributed by atoms with Crippen LogP contribution in [0.5, 0.6) is 0 Å². The van der Waals surface area contributed by atoms with Gasteiger partial charge in [0.25, 0.3) is 0 Å². The smallest absolute Gasteiger partial charge is 0.220 e. The highest BCUT2D eigenvalue weighted by Gasteiger charge is 2.09. The molecule has 1 amide bonds. The van der Waals surface area contributed by atoms with Gasteiger partial charge in [-0.3, -0.25) is 4.79 Å². The second-order valence-corrected chi connectivity index (χ2v) is 4.91. The number of aryl methyl sites for hydroxylation is 2. The summed E-state index contributed by atoms with van der Waals surface area (Å²) in [5.74, 6) is 0.0819. The molecule has 18 heavy (non-hydrogen) atoms. The van der Waals surface area contributed by atoms with Gasteiger partial charge >= 0.3 is 0 Å². The van der Waals surface area contributed by atoms with Crippen LogP contribution in [-0.4, -0.2) is 12.5 Å². The number of carbonyl (C=O) groups is 1. The van der Waals surface area contributed by atoms with Gasteiger partial charge in [0, 0.05) is 13.0 Å². The van der Waals surface area contributed by atoms with Gasteiger partial charge in [0.05, 0.1) is 0 Å². The molecule has 0 atom stereocenters. The van der Waals surface area contributed by atoms with Gasteiger partial charge < -0.3 is 11.1 Å². The van der Waals surface area contributed by atoms with Crippen LogP contribution in [0.3, 0.4) is 0 Å². The highest BCUT2D eigenvalue weighted by atomic mass is 16.1. The molecule has 0 aliphatic rings. The van der Waals surface area contributed by atoms with Gasteiger partial charge in [-0.25, -0.2) is 0 Å². The van der Waals surface area contributed by atoms with Crippen molar-refractivity contribution in [2.24, 2.45) is 5.73 Å². The molecule has 0 fully saturated rings. The van der Waals surface area contributed by atoms with Crippen molar-refractivity contribution in [1.82, 2.24) is 5.32 Å². The number of benzene rings is 1. The standard InChI is InChI=1S/C15H24N2O/c1-10-8-11(2)13(4)14(12(10)3)9-17-15(18)6-5-7-16/h8H,5-7,9,16H2,1-4H3,(H,17,18). The van der Waals surface area contributed by atoms with Crippen molar-refractivity contribution in [3.63, 3.8) is 0 Å². The van der Waals surface area contributed by atoms with E-state index < -0.39 is 0 Å². The van der Waals surface area contributed by atoms with Crippen LogP contribution in [0.25, 0.3) is 0 Å². The molecule has 0 aliphatic carbocycles. The summed E-state index contributed by atoms with van der Waals surface area (Å²) in [4.78, 5) is 11.6. The van der Waals surface area contributed by atoms with Crippen molar-refractivity contribution < 1.29 is 4.79 Å². The number of hydrogen-bond acceptors (Lipinski definition) is 2. The second-order valence-electron chi connectivity index (χ2n) is 4.91. The van der Waals surface area contributed by atoms with Gasteiger partial charge in [-0.1, -0.05) is 6.07 Å². The Hall–Kier alpha value is -1.35. The van der Waals surface area contributed by atoms with E-state index in [1.165, 1.54) is 27.8 Å². The molecule has 1 rings (SSSR count). The van der Waals surface area contributed by atoms with E-state index in [4.69, 9.17) is 5.73 Å². The van der Waals surface area contributed by atoms with E-state index in [0.29, 0.717) is 19.5 Å². The maximum absolute atomic E-state index is 11.6. The van der Waals surface area contributed by atoms with Gasteiger partial charge in [-0.2, -0.15) is 0 Å². The summed E-state index contributed by atoms with van der Waals surface area (Å²) in [7, 11) is 0. The molecule has 100 valence electrons. The average Bonchev–Trinajstić information content (AvgIpc) is 2.34. The summed E-state index contributed by atoms with van der Waals surface area (Å²) >= 11 is 0. The van der Waals surface area contributed by atoms with Crippen LogP contribution >= 0.6 is 0 Å². The fourth-order valence-electron chi connectivity index (χ4n) is 2.10. The molecular formula is C15H24N2O. The van der Waals surface area contributed by atoms with Crippen LogP contribution in [0.2, 0.25) is 0 Å². The van der Waals surface area contributed by atoms with Gasteiger partial charge in [-0.15, -0.1) is 0 Å². The molecule has 0 spiro atoms. The number of nitrogens with one attached hydrogen (secondary N) is 1. The monoisotopic (exact) mass is 248 g/mol. The highest BCUT2D eigenvalue weighted by Crippen LogP contribution is 2.21. The summed E-state index contributed by atoms with van der Waals surface area (Å²) in [5.41, 5.74) is 11.8. The lowest BCUT2D eigenvalue weighted by Crippen LogP contribution is -2.24. The zero-order valence-electron chi connectivity index (χ0n) is 11.9. The Labute approximate surface area is 110 Å². The molecule has 0 aliphatic heterocycles. The fourth-order valence-corrected chi connectivity index (χ4v) is 2.10. The molecule has 0 saturated carbocycles. The zero-order valence-corrected chi connectivity index (χ0v) is 11.9. The average molecular weight is 248 g/mol. The van der Waals surface area contributed by atoms with E-state index in [1.807, 2.05) is 0 Å². The largest absolute Gasteiger partial charge is 0.352 e. The van der Waals surface area contributed by atoms with E-state index in [1.54, 1.807) is 0 Å². The van der Waals surface area contributed by atoms with Gasteiger partial charge in [0.1, 0.15) is 0 Å². The van der Waals surface area contributed by atoms with Crippen LogP contribution in [0.15, 0.2) is 6.07 Å². The zero-order chi connectivity index (χ0) is 13.7. The summed E-state index contributed by atoms with van der Waals surface area (Å²) in [6, 6.07) is 2.20. The van der Waals surface area contributed by atoms with Gasteiger partial charge in [-0.05, 0) is 68.5 Å². The topological polar surface area (TPSA) is 55.1 Å². The Kier molecular flexibility index (Phi) is 5.35. The number of nitrogens with two attached hydrogens (primary N) is 1. The number of amides is 1. The van der Waals surface area contributed by atoms with Crippen molar-refractivity contribution in [2.75, 3.05) is 6.54 Å². The normalized spacial score (nSPS) is 10.5. The summed E-state index contributed by atoms with van der Waals surface area (Å²) in [5, 5.41) is 2.98. The first-order chi connectivity index (χ1) is 8.47. The van der Waals surface area contributed by atoms with Gasteiger partial charge in [0.15, 0.2) is 0 Å².